The van der Waals surface area contributed by atoms with Crippen LogP contribution in [-0.4, -0.2) is 26.8 Å². The quantitative estimate of drug-likeness (QED) is 0.763. The van der Waals surface area contributed by atoms with Crippen molar-refractivity contribution in [3.8, 4) is 0 Å². The second kappa shape index (κ2) is 4.06. The molecular weight excluding hydrogens is 205 g/mol. The first-order chi connectivity index (χ1) is 6.42. The van der Waals surface area contributed by atoms with Gasteiger partial charge < -0.3 is 0 Å². The maximum atomic E-state index is 12.5. The Balaban J connectivity index is 2.85. The SMILES string of the molecule is CN(C)S(=O)(=O)Cc1ccc(F)cc1. The molecule has 0 radical (unpaired) electrons. The first-order valence-electron chi connectivity index (χ1n) is 4.06. The minimum atomic E-state index is -3.25. The fourth-order valence-corrected chi connectivity index (χ4v) is 1.79. The van der Waals surface area contributed by atoms with Crippen molar-refractivity contribution in [3.05, 3.63) is 35.6 Å². The molecule has 1 aromatic carbocycles. The van der Waals surface area contributed by atoms with Crippen LogP contribution in [0.15, 0.2) is 24.3 Å². The fourth-order valence-electron chi connectivity index (χ4n) is 0.920. The van der Waals surface area contributed by atoms with Crippen molar-refractivity contribution in [3.63, 3.8) is 0 Å². The molecule has 0 bridgehead atoms. The lowest BCUT2D eigenvalue weighted by Crippen LogP contribution is -2.23. The summed E-state index contributed by atoms with van der Waals surface area (Å²) < 4.78 is 36.5. The van der Waals surface area contributed by atoms with E-state index in [1.54, 1.807) is 0 Å². The Morgan fingerprint density at radius 2 is 1.71 bits per heavy atom. The van der Waals surface area contributed by atoms with Crippen molar-refractivity contribution in [2.45, 2.75) is 5.75 Å². The second-order valence-corrected chi connectivity index (χ2v) is 5.35. The molecule has 0 saturated carbocycles. The van der Waals surface area contributed by atoms with Gasteiger partial charge in [0.05, 0.1) is 5.75 Å². The van der Waals surface area contributed by atoms with E-state index in [2.05, 4.69) is 0 Å². The van der Waals surface area contributed by atoms with Crippen molar-refractivity contribution < 1.29 is 12.8 Å². The van der Waals surface area contributed by atoms with E-state index in [4.69, 9.17) is 0 Å². The zero-order valence-electron chi connectivity index (χ0n) is 8.07. The molecule has 0 aliphatic rings. The van der Waals surface area contributed by atoms with E-state index >= 15 is 0 Å². The number of sulfonamides is 1. The van der Waals surface area contributed by atoms with Gasteiger partial charge in [-0.3, -0.25) is 0 Å². The Bertz CT molecular complexity index is 397. The van der Waals surface area contributed by atoms with Crippen LogP contribution in [0, 0.1) is 5.82 Å². The molecule has 0 fully saturated rings. The summed E-state index contributed by atoms with van der Waals surface area (Å²) in [5.41, 5.74) is 0.583. The summed E-state index contributed by atoms with van der Waals surface area (Å²) >= 11 is 0. The van der Waals surface area contributed by atoms with Crippen molar-refractivity contribution >= 4 is 10.0 Å². The highest BCUT2D eigenvalue weighted by atomic mass is 32.2. The standard InChI is InChI=1S/C9H12FNO2S/c1-11(2)14(12,13)7-8-3-5-9(10)6-4-8/h3-6H,7H2,1-2H3. The average Bonchev–Trinajstić information content (AvgIpc) is 2.08. The molecule has 0 aliphatic heterocycles. The van der Waals surface area contributed by atoms with E-state index in [0.29, 0.717) is 5.56 Å². The van der Waals surface area contributed by atoms with E-state index in [1.807, 2.05) is 0 Å². The van der Waals surface area contributed by atoms with Crippen molar-refractivity contribution in [2.24, 2.45) is 0 Å². The number of hydrogen-bond acceptors (Lipinski definition) is 2. The molecule has 1 aromatic rings. The average molecular weight is 217 g/mol. The van der Waals surface area contributed by atoms with E-state index in [1.165, 1.54) is 38.4 Å². The number of rotatable bonds is 3. The molecule has 0 unspecified atom stereocenters. The lowest BCUT2D eigenvalue weighted by molar-refractivity contribution is 0.519. The third-order valence-corrected chi connectivity index (χ3v) is 3.63. The van der Waals surface area contributed by atoms with Crippen LogP contribution >= 0.6 is 0 Å². The first kappa shape index (κ1) is 11.1. The zero-order chi connectivity index (χ0) is 10.8. The van der Waals surface area contributed by atoms with Crippen molar-refractivity contribution in [2.75, 3.05) is 14.1 Å². The Hall–Kier alpha value is -0.940. The Morgan fingerprint density at radius 3 is 2.14 bits per heavy atom. The lowest BCUT2D eigenvalue weighted by atomic mass is 10.2. The van der Waals surface area contributed by atoms with Crippen LogP contribution in [0.2, 0.25) is 0 Å². The molecule has 0 saturated heterocycles. The molecule has 0 aromatic heterocycles. The molecule has 78 valence electrons. The van der Waals surface area contributed by atoms with Crippen LogP contribution in [0.25, 0.3) is 0 Å². The summed E-state index contributed by atoms with van der Waals surface area (Å²) in [6, 6.07) is 5.44. The maximum Gasteiger partial charge on any atom is 0.217 e. The van der Waals surface area contributed by atoms with Crippen LogP contribution in [0.5, 0.6) is 0 Å². The monoisotopic (exact) mass is 217 g/mol. The number of hydrogen-bond donors (Lipinski definition) is 0. The normalized spacial score (nSPS) is 12.0. The van der Waals surface area contributed by atoms with Gasteiger partial charge in [-0.15, -0.1) is 0 Å². The minimum absolute atomic E-state index is 0.0969. The molecule has 0 N–H and O–H groups in total. The third-order valence-electron chi connectivity index (χ3n) is 1.82. The summed E-state index contributed by atoms with van der Waals surface area (Å²) in [6.07, 6.45) is 0. The van der Waals surface area contributed by atoms with Gasteiger partial charge in [-0.25, -0.2) is 17.1 Å². The molecule has 0 atom stereocenters. The summed E-state index contributed by atoms with van der Waals surface area (Å²) in [5, 5.41) is 0. The fraction of sp³-hybridized carbons (Fsp3) is 0.333. The van der Waals surface area contributed by atoms with Gasteiger partial charge in [0.1, 0.15) is 5.82 Å². The number of nitrogens with zero attached hydrogens (tertiary/aromatic N) is 1. The molecular formula is C9H12FNO2S. The molecule has 0 spiro atoms. The van der Waals surface area contributed by atoms with Crippen LogP contribution < -0.4 is 0 Å². The van der Waals surface area contributed by atoms with Gasteiger partial charge in [0.2, 0.25) is 10.0 Å². The van der Waals surface area contributed by atoms with E-state index in [9.17, 15) is 12.8 Å². The first-order valence-corrected chi connectivity index (χ1v) is 5.67. The van der Waals surface area contributed by atoms with Gasteiger partial charge in [0.15, 0.2) is 0 Å². The molecule has 1 rings (SSSR count). The summed E-state index contributed by atoms with van der Waals surface area (Å²) in [4.78, 5) is 0. The Morgan fingerprint density at radius 1 is 1.21 bits per heavy atom. The van der Waals surface area contributed by atoms with E-state index in [-0.39, 0.29) is 11.6 Å². The van der Waals surface area contributed by atoms with Gasteiger partial charge in [0, 0.05) is 14.1 Å². The number of halogens is 1. The topological polar surface area (TPSA) is 37.4 Å². The van der Waals surface area contributed by atoms with Gasteiger partial charge in [0.25, 0.3) is 0 Å². The highest BCUT2D eigenvalue weighted by Gasteiger charge is 2.13. The summed E-state index contributed by atoms with van der Waals surface area (Å²) in [6.45, 7) is 0. The Labute approximate surface area is 83.2 Å². The number of benzene rings is 1. The smallest absolute Gasteiger partial charge is 0.212 e. The predicted octanol–water partition coefficient (Wildman–Crippen LogP) is 1.22. The predicted molar refractivity (Wildman–Crippen MR) is 52.7 cm³/mol. The van der Waals surface area contributed by atoms with Gasteiger partial charge >= 0.3 is 0 Å². The second-order valence-electron chi connectivity index (χ2n) is 3.17. The maximum absolute atomic E-state index is 12.5. The van der Waals surface area contributed by atoms with E-state index in [0.717, 1.165) is 4.31 Å². The zero-order valence-corrected chi connectivity index (χ0v) is 8.88. The van der Waals surface area contributed by atoms with Crippen molar-refractivity contribution in [1.82, 2.24) is 4.31 Å². The summed E-state index contributed by atoms with van der Waals surface area (Å²) in [7, 11) is -0.311. The van der Waals surface area contributed by atoms with Gasteiger partial charge in [-0.1, -0.05) is 12.1 Å². The Kier molecular flexibility index (Phi) is 3.23. The van der Waals surface area contributed by atoms with E-state index < -0.39 is 10.0 Å². The largest absolute Gasteiger partial charge is 0.217 e. The molecule has 14 heavy (non-hydrogen) atoms. The van der Waals surface area contributed by atoms with Crippen LogP contribution in [-0.2, 0) is 15.8 Å². The third kappa shape index (κ3) is 2.78. The molecule has 3 nitrogen and oxygen atoms in total. The highest BCUT2D eigenvalue weighted by molar-refractivity contribution is 7.88. The molecule has 0 amide bonds. The van der Waals surface area contributed by atoms with Crippen LogP contribution in [0.3, 0.4) is 0 Å². The highest BCUT2D eigenvalue weighted by Crippen LogP contribution is 2.08. The van der Waals surface area contributed by atoms with Gasteiger partial charge in [-0.2, -0.15) is 0 Å². The van der Waals surface area contributed by atoms with Crippen LogP contribution in [0.1, 0.15) is 5.56 Å². The van der Waals surface area contributed by atoms with Gasteiger partial charge in [-0.05, 0) is 17.7 Å². The minimum Gasteiger partial charge on any atom is -0.212 e. The summed E-state index contributed by atoms with van der Waals surface area (Å²) in [5.74, 6) is -0.462. The lowest BCUT2D eigenvalue weighted by Gasteiger charge is -2.10. The van der Waals surface area contributed by atoms with Crippen LogP contribution in [0.4, 0.5) is 4.39 Å². The van der Waals surface area contributed by atoms with Crippen molar-refractivity contribution in [1.29, 1.82) is 0 Å². The molecule has 0 aliphatic carbocycles. The molecule has 5 heteroatoms. The molecule has 0 heterocycles.